The van der Waals surface area contributed by atoms with Crippen LogP contribution in [0.3, 0.4) is 0 Å². The molecule has 4 aromatic rings. The number of aromatic hydroxyl groups is 1. The van der Waals surface area contributed by atoms with Crippen LogP contribution >= 0.6 is 11.3 Å². The number of halogens is 2. The maximum atomic E-state index is 13.9. The minimum absolute atomic E-state index is 0.204. The third kappa shape index (κ3) is 2.27. The summed E-state index contributed by atoms with van der Waals surface area (Å²) in [4.78, 5) is 15.0. The van der Waals surface area contributed by atoms with Gasteiger partial charge in [0.05, 0.1) is 7.11 Å². The van der Waals surface area contributed by atoms with Crippen LogP contribution in [0.1, 0.15) is 0 Å². The number of hydrogen-bond acceptors (Lipinski definition) is 4. The minimum Gasteiger partial charge on any atom is -0.503 e. The average Bonchev–Trinajstić information content (AvgIpc) is 3.09. The predicted octanol–water partition coefficient (Wildman–Crippen LogP) is 4.40. The highest BCUT2D eigenvalue weighted by atomic mass is 32.1. The molecule has 2 aromatic heterocycles. The van der Waals surface area contributed by atoms with Crippen LogP contribution in [-0.4, -0.2) is 17.2 Å². The second-order valence-corrected chi connectivity index (χ2v) is 6.39. The van der Waals surface area contributed by atoms with E-state index in [4.69, 9.17) is 4.74 Å². The van der Waals surface area contributed by atoms with Gasteiger partial charge in [-0.1, -0.05) is 0 Å². The maximum Gasteiger partial charge on any atom is 0.266 e. The fourth-order valence-corrected chi connectivity index (χ4v) is 3.79. The molecule has 0 aliphatic rings. The highest BCUT2D eigenvalue weighted by molar-refractivity contribution is 7.17. The van der Waals surface area contributed by atoms with Crippen LogP contribution in [0.2, 0.25) is 0 Å². The molecule has 0 saturated carbocycles. The van der Waals surface area contributed by atoms with Gasteiger partial charge in [-0.05, 0) is 41.3 Å². The molecule has 0 radical (unpaired) electrons. The Hall–Kier alpha value is -2.93. The van der Waals surface area contributed by atoms with Gasteiger partial charge >= 0.3 is 0 Å². The first-order valence-electron chi connectivity index (χ1n) is 7.30. The van der Waals surface area contributed by atoms with Gasteiger partial charge in [0.25, 0.3) is 5.56 Å². The van der Waals surface area contributed by atoms with Gasteiger partial charge in [-0.15, -0.1) is 11.3 Å². The largest absolute Gasteiger partial charge is 0.503 e. The first-order chi connectivity index (χ1) is 12.0. The molecule has 2 N–H and O–H groups in total. The Labute approximate surface area is 143 Å². The van der Waals surface area contributed by atoms with Crippen molar-refractivity contribution in [1.29, 1.82) is 0 Å². The molecule has 25 heavy (non-hydrogen) atoms. The lowest BCUT2D eigenvalue weighted by molar-refractivity contribution is 0.396. The quantitative estimate of drug-likeness (QED) is 0.558. The van der Waals surface area contributed by atoms with Crippen molar-refractivity contribution < 1.29 is 18.6 Å². The topological polar surface area (TPSA) is 62.3 Å². The van der Waals surface area contributed by atoms with E-state index in [1.807, 2.05) is 0 Å². The number of H-pyrrole nitrogens is 1. The lowest BCUT2D eigenvalue weighted by Gasteiger charge is -2.14. The number of phenolic OH excluding ortho intramolecular Hbond substituents is 1. The van der Waals surface area contributed by atoms with Crippen molar-refractivity contribution in [3.63, 3.8) is 0 Å². The molecule has 0 aliphatic carbocycles. The Morgan fingerprint density at radius 3 is 2.56 bits per heavy atom. The number of phenols is 1. The zero-order valence-corrected chi connectivity index (χ0v) is 13.7. The van der Waals surface area contributed by atoms with Gasteiger partial charge in [0, 0.05) is 21.9 Å². The van der Waals surface area contributed by atoms with Gasteiger partial charge in [0.1, 0.15) is 10.4 Å². The third-order valence-electron chi connectivity index (χ3n) is 4.08. The van der Waals surface area contributed by atoms with E-state index in [0.29, 0.717) is 32.3 Å². The zero-order valence-electron chi connectivity index (χ0n) is 12.9. The summed E-state index contributed by atoms with van der Waals surface area (Å²) in [5, 5.41) is 12.4. The van der Waals surface area contributed by atoms with Crippen molar-refractivity contribution in [3.05, 3.63) is 57.7 Å². The highest BCUT2D eigenvalue weighted by Crippen LogP contribution is 2.41. The molecule has 0 amide bonds. The summed E-state index contributed by atoms with van der Waals surface area (Å²) in [5.74, 6) is -2.77. The molecule has 0 fully saturated rings. The number of pyridine rings is 1. The van der Waals surface area contributed by atoms with Crippen LogP contribution in [0.15, 0.2) is 40.5 Å². The molecule has 0 atom stereocenters. The normalized spacial score (nSPS) is 11.3. The number of thiophene rings is 1. The molecule has 4 nitrogen and oxygen atoms in total. The number of hydrogen-bond donors (Lipinski definition) is 2. The maximum absolute atomic E-state index is 13.9. The third-order valence-corrected chi connectivity index (χ3v) is 4.99. The summed E-state index contributed by atoms with van der Waals surface area (Å²) >= 11 is 1.28. The molecule has 2 heterocycles. The second kappa shape index (κ2) is 5.56. The lowest BCUT2D eigenvalue weighted by Crippen LogP contribution is -2.05. The summed E-state index contributed by atoms with van der Waals surface area (Å²) in [7, 11) is 1.45. The second-order valence-electron chi connectivity index (χ2n) is 5.47. The van der Waals surface area contributed by atoms with Gasteiger partial charge in [0.15, 0.2) is 17.4 Å². The molecule has 0 aliphatic heterocycles. The number of fused-ring (bicyclic) bond motifs is 3. The van der Waals surface area contributed by atoms with E-state index >= 15 is 0 Å². The fourth-order valence-electron chi connectivity index (χ4n) is 3.00. The molecule has 0 unspecified atom stereocenters. The first kappa shape index (κ1) is 15.6. The number of aromatic nitrogens is 1. The van der Waals surface area contributed by atoms with E-state index in [0.717, 1.165) is 12.1 Å². The Kier molecular flexibility index (Phi) is 3.47. The summed E-state index contributed by atoms with van der Waals surface area (Å²) < 4.78 is 33.7. The number of rotatable bonds is 2. The van der Waals surface area contributed by atoms with Crippen molar-refractivity contribution in [2.45, 2.75) is 0 Å². The molecule has 0 saturated heterocycles. The number of ether oxygens (including phenoxy) is 1. The highest BCUT2D eigenvalue weighted by Gasteiger charge is 2.19. The van der Waals surface area contributed by atoms with Gasteiger partial charge < -0.3 is 14.8 Å². The van der Waals surface area contributed by atoms with Crippen LogP contribution < -0.4 is 10.3 Å². The minimum atomic E-state index is -1.07. The van der Waals surface area contributed by atoms with Crippen molar-refractivity contribution in [3.8, 4) is 22.6 Å². The average molecular weight is 359 g/mol. The first-order valence-corrected chi connectivity index (χ1v) is 8.17. The van der Waals surface area contributed by atoms with E-state index in [1.165, 1.54) is 18.4 Å². The number of nitrogens with one attached hydrogen (secondary N) is 1. The summed E-state index contributed by atoms with van der Waals surface area (Å²) in [6, 6.07) is 7.17. The number of methoxy groups -OCH3 is 1. The van der Waals surface area contributed by atoms with E-state index in [-0.39, 0.29) is 11.1 Å². The van der Waals surface area contributed by atoms with Gasteiger partial charge in [-0.3, -0.25) is 4.79 Å². The molecular weight excluding hydrogens is 348 g/mol. The van der Waals surface area contributed by atoms with E-state index in [2.05, 4.69) is 4.98 Å². The fraction of sp³-hybridized carbons (Fsp3) is 0.0556. The Morgan fingerprint density at radius 2 is 1.88 bits per heavy atom. The molecule has 7 heteroatoms. The van der Waals surface area contributed by atoms with Gasteiger partial charge in [0.2, 0.25) is 0 Å². The molecule has 0 spiro atoms. The lowest BCUT2D eigenvalue weighted by atomic mass is 9.97. The molecule has 2 aromatic carbocycles. The van der Waals surface area contributed by atoms with Crippen molar-refractivity contribution in [2.75, 3.05) is 7.11 Å². The van der Waals surface area contributed by atoms with Crippen LogP contribution in [0.4, 0.5) is 8.78 Å². The van der Waals surface area contributed by atoms with Crippen LogP contribution in [0, 0.1) is 11.6 Å². The predicted molar refractivity (Wildman–Crippen MR) is 93.5 cm³/mol. The van der Waals surface area contributed by atoms with Crippen LogP contribution in [0.5, 0.6) is 11.5 Å². The SMILES string of the molecule is COc1ccc2[nH]c(=O)c3sccc3c2c1-c1cc(F)c(O)c(F)c1. The number of benzene rings is 2. The molecule has 0 bridgehead atoms. The van der Waals surface area contributed by atoms with Gasteiger partial charge in [-0.2, -0.15) is 0 Å². The molecule has 4 rings (SSSR count). The van der Waals surface area contributed by atoms with Crippen molar-refractivity contribution in [2.24, 2.45) is 0 Å². The van der Waals surface area contributed by atoms with E-state index < -0.39 is 17.4 Å². The Bertz CT molecular complexity index is 1170. The van der Waals surface area contributed by atoms with Crippen LogP contribution in [0.25, 0.3) is 32.1 Å². The smallest absolute Gasteiger partial charge is 0.266 e. The van der Waals surface area contributed by atoms with E-state index in [9.17, 15) is 18.7 Å². The zero-order chi connectivity index (χ0) is 17.7. The molecule has 126 valence electrons. The van der Waals surface area contributed by atoms with Crippen molar-refractivity contribution >= 4 is 32.3 Å². The molecular formula is C18H11F2NO3S. The van der Waals surface area contributed by atoms with Crippen molar-refractivity contribution in [1.82, 2.24) is 4.98 Å². The monoisotopic (exact) mass is 359 g/mol. The van der Waals surface area contributed by atoms with E-state index in [1.54, 1.807) is 23.6 Å². The van der Waals surface area contributed by atoms with Crippen LogP contribution in [-0.2, 0) is 0 Å². The summed E-state index contributed by atoms with van der Waals surface area (Å²) in [6.07, 6.45) is 0. The summed E-state index contributed by atoms with van der Waals surface area (Å²) in [6.45, 7) is 0. The summed E-state index contributed by atoms with van der Waals surface area (Å²) in [5.41, 5.74) is 0.949. The van der Waals surface area contributed by atoms with Gasteiger partial charge in [-0.25, -0.2) is 8.78 Å². The Morgan fingerprint density at radius 1 is 1.16 bits per heavy atom. The standard InChI is InChI=1S/C18H11F2NO3S/c1-24-13-3-2-12-15(9-4-5-25-17(9)18(23)21-12)14(13)8-6-10(19)16(22)11(20)7-8/h2-7,22H,1H3,(H,21,23). The number of aromatic amines is 1. The Balaban J connectivity index is 2.22.